The lowest BCUT2D eigenvalue weighted by Gasteiger charge is -2.24. The molecule has 1 saturated heterocycles. The Hall–Kier alpha value is -2.64. The smallest absolute Gasteiger partial charge is 0.351 e. The third-order valence-corrected chi connectivity index (χ3v) is 4.62. The van der Waals surface area contributed by atoms with E-state index in [9.17, 15) is 4.79 Å². The molecule has 27 heavy (non-hydrogen) atoms. The Labute approximate surface area is 157 Å². The van der Waals surface area contributed by atoms with Gasteiger partial charge >= 0.3 is 5.69 Å². The fourth-order valence-electron chi connectivity index (χ4n) is 3.31. The van der Waals surface area contributed by atoms with Crippen molar-refractivity contribution >= 4 is 0 Å². The van der Waals surface area contributed by atoms with Crippen molar-refractivity contribution in [3.05, 3.63) is 53.0 Å². The molecule has 0 radical (unpaired) electrons. The molecule has 0 bridgehead atoms. The minimum absolute atomic E-state index is 0.142. The minimum Gasteiger partial charge on any atom is -0.490 e. The molecule has 142 valence electrons. The van der Waals surface area contributed by atoms with Gasteiger partial charge in [-0.15, -0.1) is 0 Å². The maximum absolute atomic E-state index is 12.4. The first-order valence-corrected chi connectivity index (χ1v) is 9.05. The van der Waals surface area contributed by atoms with Crippen LogP contribution in [-0.4, -0.2) is 48.7 Å². The molecule has 1 atom stereocenters. The highest BCUT2D eigenvalue weighted by atomic mass is 16.6. The van der Waals surface area contributed by atoms with Gasteiger partial charge in [0.25, 0.3) is 0 Å². The largest absolute Gasteiger partial charge is 0.490 e. The second-order valence-corrected chi connectivity index (χ2v) is 6.46. The first-order chi connectivity index (χ1) is 13.2. The lowest BCUT2D eigenvalue weighted by molar-refractivity contribution is -0.102. The summed E-state index contributed by atoms with van der Waals surface area (Å²) in [4.78, 5) is 16.5. The summed E-state index contributed by atoms with van der Waals surface area (Å²) in [5.41, 5.74) is 2.63. The first-order valence-electron chi connectivity index (χ1n) is 9.05. The molecule has 0 saturated carbocycles. The highest BCUT2D eigenvalue weighted by Crippen LogP contribution is 2.32. The van der Waals surface area contributed by atoms with Gasteiger partial charge in [-0.1, -0.05) is 12.7 Å². The number of benzene rings is 1. The summed E-state index contributed by atoms with van der Waals surface area (Å²) in [6, 6.07) is 7.70. The summed E-state index contributed by atoms with van der Waals surface area (Å²) in [5, 5.41) is 0. The Morgan fingerprint density at radius 3 is 3.04 bits per heavy atom. The topological polar surface area (TPSA) is 71.8 Å². The van der Waals surface area contributed by atoms with E-state index in [0.717, 1.165) is 29.0 Å². The third-order valence-electron chi connectivity index (χ3n) is 4.62. The van der Waals surface area contributed by atoms with Gasteiger partial charge in [-0.2, -0.15) is 4.98 Å². The quantitative estimate of drug-likeness (QED) is 0.723. The number of fused-ring (bicyclic) bond motifs is 3. The zero-order chi connectivity index (χ0) is 18.6. The molecule has 7 nitrogen and oxygen atoms in total. The molecule has 3 heterocycles. The minimum atomic E-state index is -0.305. The van der Waals surface area contributed by atoms with Crippen molar-refractivity contribution in [1.82, 2.24) is 9.55 Å². The lowest BCUT2D eigenvalue weighted by Crippen LogP contribution is -2.34. The summed E-state index contributed by atoms with van der Waals surface area (Å²) in [5.74, 6) is 1.10. The van der Waals surface area contributed by atoms with Gasteiger partial charge in [0, 0.05) is 18.2 Å². The molecule has 2 aromatic rings. The fourth-order valence-corrected chi connectivity index (χ4v) is 3.31. The zero-order valence-electron chi connectivity index (χ0n) is 15.1. The van der Waals surface area contributed by atoms with Crippen LogP contribution >= 0.6 is 0 Å². The predicted molar refractivity (Wildman–Crippen MR) is 99.4 cm³/mol. The van der Waals surface area contributed by atoms with Crippen LogP contribution in [0.25, 0.3) is 11.3 Å². The van der Waals surface area contributed by atoms with Gasteiger partial charge in [0.1, 0.15) is 25.1 Å². The summed E-state index contributed by atoms with van der Waals surface area (Å²) in [6.45, 7) is 6.65. The molecule has 2 aliphatic rings. The molecule has 7 heteroatoms. The van der Waals surface area contributed by atoms with Gasteiger partial charge in [0.2, 0.25) is 5.88 Å². The van der Waals surface area contributed by atoms with Gasteiger partial charge in [0.05, 0.1) is 25.5 Å². The van der Waals surface area contributed by atoms with Crippen LogP contribution in [0.15, 0.2) is 41.7 Å². The summed E-state index contributed by atoms with van der Waals surface area (Å²) >= 11 is 0. The highest BCUT2D eigenvalue weighted by molar-refractivity contribution is 5.67. The van der Waals surface area contributed by atoms with Crippen molar-refractivity contribution in [3.63, 3.8) is 0 Å². The number of aromatic nitrogens is 2. The van der Waals surface area contributed by atoms with E-state index in [2.05, 4.69) is 11.6 Å². The van der Waals surface area contributed by atoms with Crippen LogP contribution in [0.4, 0.5) is 0 Å². The Kier molecular flexibility index (Phi) is 5.22. The number of ether oxygens (including phenoxy) is 4. The van der Waals surface area contributed by atoms with Gasteiger partial charge in [-0.05, 0) is 30.2 Å². The van der Waals surface area contributed by atoms with Gasteiger partial charge in [0.15, 0.2) is 0 Å². The molecule has 0 N–H and O–H groups in total. The second kappa shape index (κ2) is 7.94. The number of hydrogen-bond acceptors (Lipinski definition) is 6. The van der Waals surface area contributed by atoms with E-state index >= 15 is 0 Å². The number of nitrogens with zero attached hydrogens (tertiary/aromatic N) is 2. The molecule has 0 unspecified atom stereocenters. The fraction of sp³-hybridized carbons (Fsp3) is 0.400. The summed E-state index contributed by atoms with van der Waals surface area (Å²) in [6.07, 6.45) is 2.32. The third kappa shape index (κ3) is 3.89. The normalized spacial score (nSPS) is 18.3. The molecule has 0 aliphatic carbocycles. The van der Waals surface area contributed by atoms with Crippen LogP contribution in [0.2, 0.25) is 0 Å². The van der Waals surface area contributed by atoms with Crippen molar-refractivity contribution in [3.8, 4) is 22.9 Å². The van der Waals surface area contributed by atoms with E-state index in [1.54, 1.807) is 10.6 Å². The Morgan fingerprint density at radius 2 is 2.22 bits per heavy atom. The van der Waals surface area contributed by atoms with E-state index < -0.39 is 0 Å². The number of hydrogen-bond donors (Lipinski definition) is 0. The van der Waals surface area contributed by atoms with E-state index in [0.29, 0.717) is 45.5 Å². The van der Waals surface area contributed by atoms with Gasteiger partial charge < -0.3 is 18.9 Å². The van der Waals surface area contributed by atoms with Crippen LogP contribution < -0.4 is 15.2 Å². The molecule has 1 aromatic heterocycles. The molecule has 1 aromatic carbocycles. The van der Waals surface area contributed by atoms with Crippen LogP contribution in [0.5, 0.6) is 11.6 Å². The van der Waals surface area contributed by atoms with Crippen molar-refractivity contribution in [1.29, 1.82) is 0 Å². The number of aryl methyl sites for hydroxylation is 1. The van der Waals surface area contributed by atoms with E-state index in [-0.39, 0.29) is 11.8 Å². The van der Waals surface area contributed by atoms with Gasteiger partial charge in [-0.3, -0.25) is 4.57 Å². The van der Waals surface area contributed by atoms with Crippen LogP contribution in [0, 0.1) is 0 Å². The Balaban J connectivity index is 1.58. The van der Waals surface area contributed by atoms with Crippen LogP contribution in [0.3, 0.4) is 0 Å². The maximum atomic E-state index is 12.4. The Morgan fingerprint density at radius 1 is 1.30 bits per heavy atom. The van der Waals surface area contributed by atoms with Crippen LogP contribution in [-0.2, 0) is 22.4 Å². The zero-order valence-corrected chi connectivity index (χ0v) is 15.1. The second-order valence-electron chi connectivity index (χ2n) is 6.46. The highest BCUT2D eigenvalue weighted by Gasteiger charge is 2.21. The molecular formula is C20H22N2O5. The van der Waals surface area contributed by atoms with E-state index in [4.69, 9.17) is 18.9 Å². The average molecular weight is 370 g/mol. The molecule has 0 amide bonds. The summed E-state index contributed by atoms with van der Waals surface area (Å²) in [7, 11) is 0. The molecule has 2 aliphatic heterocycles. The number of rotatable bonds is 6. The molecular weight excluding hydrogens is 348 g/mol. The SMILES string of the molecule is C=CCOc1ccc2c(c1)CCn1c-2cc(OC[C@H]2COCCO2)nc1=O. The lowest BCUT2D eigenvalue weighted by atomic mass is 9.97. The van der Waals surface area contributed by atoms with Crippen molar-refractivity contribution in [2.75, 3.05) is 33.0 Å². The van der Waals surface area contributed by atoms with Crippen molar-refractivity contribution < 1.29 is 18.9 Å². The van der Waals surface area contributed by atoms with Crippen LogP contribution in [0.1, 0.15) is 5.56 Å². The van der Waals surface area contributed by atoms with Gasteiger partial charge in [-0.25, -0.2) is 4.79 Å². The standard InChI is InChI=1S/C20H22N2O5/c1-2-7-25-15-3-4-17-14(10-15)5-6-22-18(17)11-19(21-20(22)23)27-13-16-12-24-8-9-26-16/h2-4,10-11,16H,1,5-9,12-13H2/t16-/m1/s1. The van der Waals surface area contributed by atoms with Crippen molar-refractivity contribution in [2.24, 2.45) is 0 Å². The maximum Gasteiger partial charge on any atom is 0.351 e. The average Bonchev–Trinajstić information content (AvgIpc) is 2.71. The Bertz CT molecular complexity index is 886. The first kappa shape index (κ1) is 17.8. The molecule has 4 rings (SSSR count). The van der Waals surface area contributed by atoms with Crippen molar-refractivity contribution in [2.45, 2.75) is 19.1 Å². The monoisotopic (exact) mass is 370 g/mol. The summed E-state index contributed by atoms with van der Waals surface area (Å²) < 4.78 is 23.9. The molecule has 1 fully saturated rings. The van der Waals surface area contributed by atoms with E-state index in [1.165, 1.54) is 0 Å². The van der Waals surface area contributed by atoms with E-state index in [1.807, 2.05) is 24.3 Å². The predicted octanol–water partition coefficient (Wildman–Crippen LogP) is 1.83. The molecule has 0 spiro atoms.